The van der Waals surface area contributed by atoms with E-state index in [1.54, 1.807) is 12.3 Å². The van der Waals surface area contributed by atoms with Crippen molar-refractivity contribution in [2.24, 2.45) is 0 Å². The molecule has 7 heteroatoms. The van der Waals surface area contributed by atoms with Crippen LogP contribution in [-0.2, 0) is 13.0 Å². The van der Waals surface area contributed by atoms with E-state index in [-0.39, 0.29) is 11.3 Å². The summed E-state index contributed by atoms with van der Waals surface area (Å²) in [5.41, 5.74) is 7.64. The largest absolute Gasteiger partial charge is 0.395 e. The zero-order valence-electron chi connectivity index (χ0n) is 12.1. The van der Waals surface area contributed by atoms with E-state index in [0.29, 0.717) is 17.9 Å². The smallest absolute Gasteiger partial charge is 0.278 e. The van der Waals surface area contributed by atoms with E-state index in [4.69, 9.17) is 5.73 Å². The Kier molecular flexibility index (Phi) is 4.42. The van der Waals surface area contributed by atoms with E-state index in [0.717, 1.165) is 18.5 Å². The summed E-state index contributed by atoms with van der Waals surface area (Å²) >= 11 is 0. The highest BCUT2D eigenvalue weighted by Gasteiger charge is 2.17. The molecule has 0 aromatic carbocycles. The van der Waals surface area contributed by atoms with Gasteiger partial charge in [-0.2, -0.15) is 5.10 Å². The molecule has 112 valence electrons. The number of carbonyl (C=O) groups excluding carboxylic acids is 1. The van der Waals surface area contributed by atoms with Gasteiger partial charge in [0.2, 0.25) is 0 Å². The van der Waals surface area contributed by atoms with Crippen molar-refractivity contribution in [3.8, 4) is 0 Å². The van der Waals surface area contributed by atoms with E-state index in [1.165, 1.54) is 10.6 Å². The van der Waals surface area contributed by atoms with E-state index in [2.05, 4.69) is 15.5 Å². The Morgan fingerprint density at radius 3 is 2.86 bits per heavy atom. The molecule has 2 heterocycles. The topological polar surface area (TPSA) is 106 Å². The maximum absolute atomic E-state index is 12.2. The van der Waals surface area contributed by atoms with Gasteiger partial charge in [0.05, 0.1) is 17.1 Å². The summed E-state index contributed by atoms with van der Waals surface area (Å²) in [5, 5.41) is 9.44. The number of nitrogen functional groups attached to an aromatic ring is 1. The number of nitrogens with zero attached hydrogens (tertiary/aromatic N) is 2. The lowest BCUT2D eigenvalue weighted by Crippen LogP contribution is -2.20. The predicted molar refractivity (Wildman–Crippen MR) is 81.3 cm³/mol. The molecule has 1 amide bonds. The lowest BCUT2D eigenvalue weighted by molar-refractivity contribution is 0.102. The van der Waals surface area contributed by atoms with Crippen molar-refractivity contribution < 1.29 is 4.79 Å². The molecule has 0 spiro atoms. The van der Waals surface area contributed by atoms with Gasteiger partial charge >= 0.3 is 0 Å². The van der Waals surface area contributed by atoms with Crippen LogP contribution < -0.4 is 16.6 Å². The molecule has 0 fully saturated rings. The third-order valence-electron chi connectivity index (χ3n) is 3.18. The molecule has 2 aromatic heterocycles. The van der Waals surface area contributed by atoms with Crippen LogP contribution in [0.2, 0.25) is 0 Å². The van der Waals surface area contributed by atoms with Gasteiger partial charge in [-0.1, -0.05) is 13.3 Å². The first kappa shape index (κ1) is 14.8. The molecule has 4 N–H and O–H groups in total. The second-order valence-electron chi connectivity index (χ2n) is 4.71. The lowest BCUT2D eigenvalue weighted by Gasteiger charge is -2.07. The lowest BCUT2D eigenvalue weighted by atomic mass is 10.2. The number of aromatic nitrogens is 3. The number of hydrogen-bond donors (Lipinski definition) is 3. The molecular formula is C14H19N5O2. The van der Waals surface area contributed by atoms with Crippen LogP contribution in [0.3, 0.4) is 0 Å². The summed E-state index contributed by atoms with van der Waals surface area (Å²) in [6.45, 7) is 4.41. The zero-order chi connectivity index (χ0) is 15.4. The number of hydrogen-bond acceptors (Lipinski definition) is 4. The molecule has 0 atom stereocenters. The van der Waals surface area contributed by atoms with Gasteiger partial charge in [-0.3, -0.25) is 14.7 Å². The molecule has 0 aliphatic carbocycles. The monoisotopic (exact) mass is 289 g/mol. The van der Waals surface area contributed by atoms with Crippen LogP contribution >= 0.6 is 0 Å². The molecule has 0 unspecified atom stereocenters. The van der Waals surface area contributed by atoms with Gasteiger partial charge in [-0.05, 0) is 19.4 Å². The first-order valence-corrected chi connectivity index (χ1v) is 6.91. The maximum Gasteiger partial charge on any atom is 0.278 e. The molecule has 2 aromatic rings. The number of pyridine rings is 1. The molecule has 0 radical (unpaired) electrons. The van der Waals surface area contributed by atoms with Gasteiger partial charge in [-0.15, -0.1) is 0 Å². The molecule has 0 aliphatic rings. The summed E-state index contributed by atoms with van der Waals surface area (Å²) in [6, 6.07) is 2.97. The highest BCUT2D eigenvalue weighted by molar-refractivity contribution is 6.06. The van der Waals surface area contributed by atoms with E-state index in [1.807, 2.05) is 13.8 Å². The number of anilines is 2. The number of rotatable bonds is 5. The fourth-order valence-electron chi connectivity index (χ4n) is 2.04. The SMILES string of the molecule is CCCc1[nH]nc(C(=O)Nc2ccc(=O)n(CC)c2)c1N. The van der Waals surface area contributed by atoms with Crippen molar-refractivity contribution in [1.29, 1.82) is 0 Å². The number of carbonyl (C=O) groups is 1. The highest BCUT2D eigenvalue weighted by atomic mass is 16.2. The summed E-state index contributed by atoms with van der Waals surface area (Å²) in [5.74, 6) is -0.396. The highest BCUT2D eigenvalue weighted by Crippen LogP contribution is 2.17. The van der Waals surface area contributed by atoms with Gasteiger partial charge in [-0.25, -0.2) is 0 Å². The fraction of sp³-hybridized carbons (Fsp3) is 0.357. The number of nitrogens with one attached hydrogen (secondary N) is 2. The van der Waals surface area contributed by atoms with Crippen LogP contribution in [0.25, 0.3) is 0 Å². The summed E-state index contributed by atoms with van der Waals surface area (Å²) in [4.78, 5) is 23.7. The summed E-state index contributed by atoms with van der Waals surface area (Å²) < 4.78 is 1.51. The predicted octanol–water partition coefficient (Wildman–Crippen LogP) is 1.38. The molecule has 0 aliphatic heterocycles. The van der Waals surface area contributed by atoms with Crippen LogP contribution in [-0.4, -0.2) is 20.7 Å². The molecular weight excluding hydrogens is 270 g/mol. The zero-order valence-corrected chi connectivity index (χ0v) is 12.1. The van der Waals surface area contributed by atoms with E-state index < -0.39 is 5.91 Å². The first-order valence-electron chi connectivity index (χ1n) is 6.91. The number of nitrogens with two attached hydrogens (primary N) is 1. The minimum absolute atomic E-state index is 0.111. The third kappa shape index (κ3) is 3.13. The second kappa shape index (κ2) is 6.25. The van der Waals surface area contributed by atoms with Gasteiger partial charge < -0.3 is 15.6 Å². The van der Waals surface area contributed by atoms with E-state index >= 15 is 0 Å². The van der Waals surface area contributed by atoms with Gasteiger partial charge in [0, 0.05) is 18.8 Å². The fourth-order valence-corrected chi connectivity index (χ4v) is 2.04. The molecule has 0 saturated heterocycles. The molecule has 21 heavy (non-hydrogen) atoms. The summed E-state index contributed by atoms with van der Waals surface area (Å²) in [6.07, 6.45) is 3.25. The van der Waals surface area contributed by atoms with Gasteiger partial charge in [0.15, 0.2) is 5.69 Å². The van der Waals surface area contributed by atoms with Crippen LogP contribution in [0, 0.1) is 0 Å². The van der Waals surface area contributed by atoms with Crippen molar-refractivity contribution in [3.63, 3.8) is 0 Å². The van der Waals surface area contributed by atoms with Crippen molar-refractivity contribution in [1.82, 2.24) is 14.8 Å². The Bertz CT molecular complexity index is 702. The molecule has 0 saturated carbocycles. The van der Waals surface area contributed by atoms with Crippen molar-refractivity contribution in [3.05, 3.63) is 40.1 Å². The van der Waals surface area contributed by atoms with Crippen molar-refractivity contribution in [2.45, 2.75) is 33.2 Å². The Labute approximate surface area is 122 Å². The van der Waals surface area contributed by atoms with Gasteiger partial charge in [0.1, 0.15) is 0 Å². The Balaban J connectivity index is 2.20. The third-order valence-corrected chi connectivity index (χ3v) is 3.18. The van der Waals surface area contributed by atoms with Crippen LogP contribution in [0.4, 0.5) is 11.4 Å². The average molecular weight is 289 g/mol. The van der Waals surface area contributed by atoms with Gasteiger partial charge in [0.25, 0.3) is 11.5 Å². The molecule has 7 nitrogen and oxygen atoms in total. The second-order valence-corrected chi connectivity index (χ2v) is 4.71. The number of aryl methyl sites for hydroxylation is 2. The Morgan fingerprint density at radius 1 is 1.43 bits per heavy atom. The number of amides is 1. The Hall–Kier alpha value is -2.57. The minimum Gasteiger partial charge on any atom is -0.395 e. The number of H-pyrrole nitrogens is 1. The molecule has 0 bridgehead atoms. The first-order chi connectivity index (χ1) is 10.1. The number of aromatic amines is 1. The molecule has 2 rings (SSSR count). The van der Waals surface area contributed by atoms with Crippen LogP contribution in [0.15, 0.2) is 23.1 Å². The van der Waals surface area contributed by atoms with Crippen LogP contribution in [0.5, 0.6) is 0 Å². The van der Waals surface area contributed by atoms with E-state index in [9.17, 15) is 9.59 Å². The Morgan fingerprint density at radius 2 is 2.19 bits per heavy atom. The van der Waals surface area contributed by atoms with Crippen molar-refractivity contribution >= 4 is 17.3 Å². The van der Waals surface area contributed by atoms with Crippen molar-refractivity contribution in [2.75, 3.05) is 11.1 Å². The van der Waals surface area contributed by atoms with Crippen LogP contribution in [0.1, 0.15) is 36.5 Å². The standard InChI is InChI=1S/C14H19N5O2/c1-3-5-10-12(15)13(18-17-10)14(21)16-9-6-7-11(20)19(4-2)8-9/h6-8H,3-5,15H2,1-2H3,(H,16,21)(H,17,18). The minimum atomic E-state index is -0.396. The summed E-state index contributed by atoms with van der Waals surface area (Å²) in [7, 11) is 0. The average Bonchev–Trinajstić information content (AvgIpc) is 2.83. The quantitative estimate of drug-likeness (QED) is 0.773. The maximum atomic E-state index is 12.2. The normalized spacial score (nSPS) is 10.6.